The van der Waals surface area contributed by atoms with Gasteiger partial charge in [-0.3, -0.25) is 9.59 Å². The third kappa shape index (κ3) is 2.70. The normalized spacial score (nSPS) is 15.3. The highest BCUT2D eigenvalue weighted by Crippen LogP contribution is 2.27. The van der Waals surface area contributed by atoms with Gasteiger partial charge < -0.3 is 9.26 Å². The number of aromatic nitrogens is 1. The Kier molecular flexibility index (Phi) is 3.65. The van der Waals surface area contributed by atoms with Gasteiger partial charge in [0.2, 0.25) is 5.78 Å². The number of carbonyl (C=O) groups excluding carboxylic acids is 2. The molecule has 0 atom stereocenters. The summed E-state index contributed by atoms with van der Waals surface area (Å²) in [5, 5.41) is 3.86. The van der Waals surface area contributed by atoms with Gasteiger partial charge in [-0.2, -0.15) is 0 Å². The van der Waals surface area contributed by atoms with Crippen LogP contribution in [-0.4, -0.2) is 22.6 Å². The molecule has 23 heavy (non-hydrogen) atoms. The van der Waals surface area contributed by atoms with E-state index in [1.165, 1.54) is 13.0 Å². The maximum Gasteiger partial charge on any atom is 0.308 e. The van der Waals surface area contributed by atoms with Gasteiger partial charge in [0, 0.05) is 29.7 Å². The highest BCUT2D eigenvalue weighted by molar-refractivity contribution is 6.26. The second kappa shape index (κ2) is 5.64. The smallest absolute Gasteiger partial charge is 0.308 e. The summed E-state index contributed by atoms with van der Waals surface area (Å²) in [5.74, 6) is -0.598. The number of Topliss-reactive ketones (excluding diaryl/α,β-unsaturated/α-hetero) is 1. The van der Waals surface area contributed by atoms with Crippen molar-refractivity contribution in [3.8, 4) is 0 Å². The molecule has 2 aromatic rings. The molecule has 0 fully saturated rings. The minimum Gasteiger partial charge on any atom is -0.422 e. The van der Waals surface area contributed by atoms with E-state index < -0.39 is 5.97 Å². The minimum atomic E-state index is -0.560. The van der Waals surface area contributed by atoms with Gasteiger partial charge in [0.05, 0.1) is 11.4 Å². The predicted molar refractivity (Wildman–Crippen MR) is 82.8 cm³/mol. The van der Waals surface area contributed by atoms with Crippen LogP contribution >= 0.6 is 0 Å². The Morgan fingerprint density at radius 1 is 1.22 bits per heavy atom. The van der Waals surface area contributed by atoms with Crippen molar-refractivity contribution < 1.29 is 18.8 Å². The summed E-state index contributed by atoms with van der Waals surface area (Å²) in [6.07, 6.45) is 1.45. The zero-order chi connectivity index (χ0) is 16.6. The molecular formula is C17H14N2O4. The van der Waals surface area contributed by atoms with Crippen molar-refractivity contribution in [1.82, 2.24) is 5.16 Å². The van der Waals surface area contributed by atoms with E-state index >= 15 is 0 Å². The number of ether oxygens (including phenoxy) is 1. The van der Waals surface area contributed by atoms with Crippen LogP contribution in [0.25, 0.3) is 0 Å². The highest BCUT2D eigenvalue weighted by atomic mass is 16.5. The molecule has 0 spiro atoms. The van der Waals surface area contributed by atoms with E-state index in [1.54, 1.807) is 18.2 Å². The number of rotatable bonds is 2. The van der Waals surface area contributed by atoms with Crippen molar-refractivity contribution in [2.45, 2.75) is 20.8 Å². The van der Waals surface area contributed by atoms with Gasteiger partial charge in [0.25, 0.3) is 5.88 Å². The number of hydrogen-bond donors (Lipinski definition) is 0. The lowest BCUT2D eigenvalue weighted by Crippen LogP contribution is -2.20. The fourth-order valence-corrected chi connectivity index (χ4v) is 2.24. The van der Waals surface area contributed by atoms with Crippen molar-refractivity contribution in [2.24, 2.45) is 4.99 Å². The summed E-state index contributed by atoms with van der Waals surface area (Å²) in [4.78, 5) is 28.0. The lowest BCUT2D eigenvalue weighted by atomic mass is 9.93. The third-order valence-electron chi connectivity index (χ3n) is 3.55. The molecule has 0 aliphatic heterocycles. The largest absolute Gasteiger partial charge is 0.422 e. The minimum absolute atomic E-state index is 0.0520. The van der Waals surface area contributed by atoms with Crippen molar-refractivity contribution >= 4 is 23.3 Å². The molecule has 3 rings (SSSR count). The van der Waals surface area contributed by atoms with E-state index in [0.717, 1.165) is 11.3 Å². The average Bonchev–Trinajstić information content (AvgIpc) is 2.83. The Bertz CT molecular complexity index is 874. The molecule has 1 aromatic carbocycles. The summed E-state index contributed by atoms with van der Waals surface area (Å²) in [6.45, 7) is 4.91. The standard InChI is InChI=1S/C17H14N2O4/c1-9-10(2)19-23-17(9)18-14-8-15(22-11(3)20)16(21)13-7-5-4-6-12(13)14/h4-8H,1-3H3. The number of esters is 1. The number of allylic oxidation sites excluding steroid dienone is 2. The molecule has 0 saturated carbocycles. The quantitative estimate of drug-likeness (QED) is 0.796. The summed E-state index contributed by atoms with van der Waals surface area (Å²) in [7, 11) is 0. The van der Waals surface area contributed by atoms with Gasteiger partial charge in [0.1, 0.15) is 0 Å². The number of carbonyl (C=O) groups is 2. The molecule has 6 nitrogen and oxygen atoms in total. The van der Waals surface area contributed by atoms with E-state index in [4.69, 9.17) is 9.26 Å². The van der Waals surface area contributed by atoms with Crippen LogP contribution in [0.1, 0.15) is 34.1 Å². The molecule has 1 aromatic heterocycles. The monoisotopic (exact) mass is 310 g/mol. The number of hydrogen-bond acceptors (Lipinski definition) is 6. The van der Waals surface area contributed by atoms with Crippen molar-refractivity contribution in [2.75, 3.05) is 0 Å². The SMILES string of the molecule is CC(=O)OC1=CC(=Nc2onc(C)c2C)c2ccccc2C1=O. The molecule has 0 radical (unpaired) electrons. The summed E-state index contributed by atoms with van der Waals surface area (Å²) >= 11 is 0. The van der Waals surface area contributed by atoms with Crippen molar-refractivity contribution in [1.29, 1.82) is 0 Å². The number of ketones is 1. The van der Waals surface area contributed by atoms with E-state index in [0.29, 0.717) is 22.7 Å². The lowest BCUT2D eigenvalue weighted by Gasteiger charge is -2.16. The van der Waals surface area contributed by atoms with Crippen LogP contribution in [0.4, 0.5) is 5.88 Å². The highest BCUT2D eigenvalue weighted by Gasteiger charge is 2.26. The maximum atomic E-state index is 12.4. The first-order valence-corrected chi connectivity index (χ1v) is 7.03. The third-order valence-corrected chi connectivity index (χ3v) is 3.55. The van der Waals surface area contributed by atoms with Gasteiger partial charge in [-0.05, 0) is 13.8 Å². The van der Waals surface area contributed by atoms with Gasteiger partial charge in [0.15, 0.2) is 5.76 Å². The van der Waals surface area contributed by atoms with Crippen LogP contribution in [0, 0.1) is 13.8 Å². The lowest BCUT2D eigenvalue weighted by molar-refractivity contribution is -0.136. The molecule has 1 heterocycles. The molecule has 1 aliphatic rings. The van der Waals surface area contributed by atoms with Crippen LogP contribution in [0.15, 0.2) is 45.6 Å². The number of aliphatic imine (C=N–C) groups is 1. The Morgan fingerprint density at radius 3 is 2.52 bits per heavy atom. The Balaban J connectivity index is 2.16. The molecule has 0 N–H and O–H groups in total. The number of aryl methyl sites for hydroxylation is 1. The molecule has 0 saturated heterocycles. The second-order valence-corrected chi connectivity index (χ2v) is 5.17. The Morgan fingerprint density at radius 2 is 1.91 bits per heavy atom. The van der Waals surface area contributed by atoms with Gasteiger partial charge in [-0.1, -0.05) is 29.4 Å². The van der Waals surface area contributed by atoms with Crippen LogP contribution in [0.5, 0.6) is 0 Å². The van der Waals surface area contributed by atoms with E-state index in [-0.39, 0.29) is 11.5 Å². The topological polar surface area (TPSA) is 81.8 Å². The first kappa shape index (κ1) is 14.9. The van der Waals surface area contributed by atoms with Crippen LogP contribution in [0.2, 0.25) is 0 Å². The number of nitrogens with zero attached hydrogens (tertiary/aromatic N) is 2. The maximum absolute atomic E-state index is 12.4. The van der Waals surface area contributed by atoms with Gasteiger partial charge in [-0.25, -0.2) is 4.99 Å². The van der Waals surface area contributed by atoms with E-state index in [2.05, 4.69) is 10.1 Å². The number of fused-ring (bicyclic) bond motifs is 1. The first-order chi connectivity index (χ1) is 11.0. The Labute approximate surface area is 132 Å². The zero-order valence-electron chi connectivity index (χ0n) is 12.9. The van der Waals surface area contributed by atoms with Crippen molar-refractivity contribution in [3.05, 3.63) is 58.5 Å². The zero-order valence-corrected chi connectivity index (χ0v) is 12.9. The van der Waals surface area contributed by atoms with Crippen LogP contribution in [0.3, 0.4) is 0 Å². The van der Waals surface area contributed by atoms with E-state index in [9.17, 15) is 9.59 Å². The summed E-state index contributed by atoms with van der Waals surface area (Å²) in [6, 6.07) is 7.01. The fraction of sp³-hybridized carbons (Fsp3) is 0.176. The fourth-order valence-electron chi connectivity index (χ4n) is 2.24. The molecule has 1 aliphatic carbocycles. The molecular weight excluding hydrogens is 296 g/mol. The molecule has 0 amide bonds. The average molecular weight is 310 g/mol. The first-order valence-electron chi connectivity index (χ1n) is 7.03. The van der Waals surface area contributed by atoms with Crippen LogP contribution < -0.4 is 0 Å². The molecule has 0 bridgehead atoms. The number of benzene rings is 1. The predicted octanol–water partition coefficient (Wildman–Crippen LogP) is 3.06. The van der Waals surface area contributed by atoms with Crippen LogP contribution in [-0.2, 0) is 9.53 Å². The second-order valence-electron chi connectivity index (χ2n) is 5.17. The van der Waals surface area contributed by atoms with Gasteiger partial charge in [-0.15, -0.1) is 0 Å². The Hall–Kier alpha value is -3.02. The molecule has 0 unspecified atom stereocenters. The summed E-state index contributed by atoms with van der Waals surface area (Å²) in [5.41, 5.74) is 3.12. The summed E-state index contributed by atoms with van der Waals surface area (Å²) < 4.78 is 10.2. The van der Waals surface area contributed by atoms with Gasteiger partial charge >= 0.3 is 5.97 Å². The van der Waals surface area contributed by atoms with Crippen molar-refractivity contribution in [3.63, 3.8) is 0 Å². The molecule has 116 valence electrons. The van der Waals surface area contributed by atoms with E-state index in [1.807, 2.05) is 19.9 Å². The molecule has 6 heteroatoms.